The summed E-state index contributed by atoms with van der Waals surface area (Å²) < 4.78 is 23.8. The van der Waals surface area contributed by atoms with Crippen LogP contribution in [0.15, 0.2) is 0 Å². The van der Waals surface area contributed by atoms with Crippen LogP contribution in [-0.4, -0.2) is 45.5 Å². The van der Waals surface area contributed by atoms with Crippen LogP contribution in [0, 0.1) is 0 Å². The summed E-state index contributed by atoms with van der Waals surface area (Å²) in [7, 11) is 2.02. The molecule has 1 aliphatic heterocycles. The molecular weight excluding hydrogens is 227 g/mol. The van der Waals surface area contributed by atoms with E-state index >= 15 is 0 Å². The minimum atomic E-state index is -1.70. The highest BCUT2D eigenvalue weighted by atomic mass is 31.2. The Labute approximate surface area is 87.6 Å². The topological polar surface area (TPSA) is 80.3 Å². The van der Waals surface area contributed by atoms with Crippen LogP contribution in [0.1, 0.15) is 0 Å². The summed E-state index contributed by atoms with van der Waals surface area (Å²) in [4.78, 5) is 22.5. The van der Waals surface area contributed by atoms with Gasteiger partial charge in [-0.15, -0.1) is 0 Å². The third-order valence-corrected chi connectivity index (χ3v) is 2.79. The molecule has 0 aromatic carbocycles. The van der Waals surface area contributed by atoms with E-state index in [-0.39, 0.29) is 0 Å². The van der Waals surface area contributed by atoms with Crippen molar-refractivity contribution < 1.29 is 32.6 Å². The summed E-state index contributed by atoms with van der Waals surface area (Å²) >= 11 is 0. The molecule has 0 aliphatic carbocycles. The Kier molecular flexibility index (Phi) is 4.41. The maximum absolute atomic E-state index is 11.2. The second kappa shape index (κ2) is 5.37. The van der Waals surface area contributed by atoms with E-state index in [2.05, 4.69) is 9.47 Å². The van der Waals surface area contributed by atoms with Crippen molar-refractivity contribution >= 4 is 20.5 Å². The molecule has 2 unspecified atom stereocenters. The quantitative estimate of drug-likeness (QED) is 0.505. The molecule has 0 aromatic heterocycles. The lowest BCUT2D eigenvalue weighted by Crippen LogP contribution is -2.38. The molecule has 0 N–H and O–H groups in total. The first kappa shape index (κ1) is 12.3. The number of carbonyl (C=O) groups excluding carboxylic acids is 2. The zero-order valence-corrected chi connectivity index (χ0v) is 9.35. The van der Waals surface area contributed by atoms with Crippen molar-refractivity contribution in [2.45, 2.75) is 12.2 Å². The Bertz CT molecular complexity index is 232. The molecule has 0 saturated carbocycles. The van der Waals surface area contributed by atoms with Crippen LogP contribution in [-0.2, 0) is 32.6 Å². The fourth-order valence-electron chi connectivity index (χ4n) is 0.972. The molecule has 86 valence electrons. The van der Waals surface area contributed by atoms with E-state index in [1.165, 1.54) is 21.3 Å². The molecule has 1 saturated heterocycles. The van der Waals surface area contributed by atoms with Crippen LogP contribution in [0.2, 0.25) is 0 Å². The number of esters is 2. The average molecular weight is 238 g/mol. The number of ether oxygens (including phenoxy) is 2. The molecule has 15 heavy (non-hydrogen) atoms. The van der Waals surface area contributed by atoms with E-state index in [0.29, 0.717) is 0 Å². The van der Waals surface area contributed by atoms with Crippen LogP contribution in [0.25, 0.3) is 0 Å². The number of methoxy groups -OCH3 is 2. The lowest BCUT2D eigenvalue weighted by molar-refractivity contribution is -0.160. The predicted octanol–water partition coefficient (Wildman–Crippen LogP) is -0.0103. The molecule has 8 heteroatoms. The van der Waals surface area contributed by atoms with Gasteiger partial charge in [-0.2, -0.15) is 0 Å². The van der Waals surface area contributed by atoms with Gasteiger partial charge in [0.05, 0.1) is 14.2 Å². The zero-order valence-electron chi connectivity index (χ0n) is 8.46. The minimum Gasteiger partial charge on any atom is -0.467 e. The van der Waals surface area contributed by atoms with E-state index in [1.54, 1.807) is 0 Å². The van der Waals surface area contributed by atoms with E-state index in [4.69, 9.17) is 13.6 Å². The van der Waals surface area contributed by atoms with Crippen molar-refractivity contribution in [2.24, 2.45) is 0 Å². The molecule has 0 radical (unpaired) electrons. The summed E-state index contributed by atoms with van der Waals surface area (Å²) in [5, 5.41) is 0. The van der Waals surface area contributed by atoms with Gasteiger partial charge in [-0.1, -0.05) is 0 Å². The van der Waals surface area contributed by atoms with E-state index in [9.17, 15) is 9.59 Å². The van der Waals surface area contributed by atoms with Crippen molar-refractivity contribution in [3.05, 3.63) is 0 Å². The number of hydrogen-bond acceptors (Lipinski definition) is 7. The smallest absolute Gasteiger partial charge is 0.338 e. The molecule has 0 aromatic rings. The number of carbonyl (C=O) groups is 2. The van der Waals surface area contributed by atoms with E-state index in [1.807, 2.05) is 0 Å². The van der Waals surface area contributed by atoms with Gasteiger partial charge in [0.15, 0.2) is 0 Å². The van der Waals surface area contributed by atoms with Crippen LogP contribution < -0.4 is 0 Å². The van der Waals surface area contributed by atoms with Crippen molar-refractivity contribution in [3.8, 4) is 0 Å². The normalized spacial score (nSPS) is 29.9. The van der Waals surface area contributed by atoms with Crippen LogP contribution in [0.3, 0.4) is 0 Å². The largest absolute Gasteiger partial charge is 0.467 e. The lowest BCUT2D eigenvalue weighted by atomic mass is 10.2. The molecule has 2 atom stereocenters. The van der Waals surface area contributed by atoms with Crippen molar-refractivity contribution in [1.29, 1.82) is 0 Å². The van der Waals surface area contributed by atoms with Crippen LogP contribution in [0.4, 0.5) is 0 Å². The fourth-order valence-corrected chi connectivity index (χ4v) is 1.96. The Hall–Kier alpha value is -0.750. The minimum absolute atomic E-state index is 0.701. The van der Waals surface area contributed by atoms with Gasteiger partial charge < -0.3 is 14.0 Å². The van der Waals surface area contributed by atoms with E-state index < -0.39 is 32.7 Å². The highest BCUT2D eigenvalue weighted by Crippen LogP contribution is 2.49. The first-order chi connectivity index (χ1) is 7.13. The molecule has 0 bridgehead atoms. The Morgan fingerprint density at radius 2 is 1.40 bits per heavy atom. The molecule has 0 amide bonds. The highest BCUT2D eigenvalue weighted by Gasteiger charge is 2.48. The molecule has 1 rings (SSSR count). The van der Waals surface area contributed by atoms with Gasteiger partial charge in [-0.05, 0) is 0 Å². The summed E-state index contributed by atoms with van der Waals surface area (Å²) in [5.41, 5.74) is 0. The van der Waals surface area contributed by atoms with Gasteiger partial charge in [-0.25, -0.2) is 9.59 Å². The Morgan fingerprint density at radius 3 is 1.67 bits per heavy atom. The fraction of sp³-hybridized carbons (Fsp3) is 0.714. The predicted molar refractivity (Wildman–Crippen MR) is 47.7 cm³/mol. The van der Waals surface area contributed by atoms with Gasteiger partial charge in [0, 0.05) is 7.11 Å². The molecule has 1 heterocycles. The van der Waals surface area contributed by atoms with Crippen molar-refractivity contribution in [1.82, 2.24) is 0 Å². The first-order valence-electron chi connectivity index (χ1n) is 3.97. The third kappa shape index (κ3) is 2.63. The maximum atomic E-state index is 11.2. The molecule has 1 fully saturated rings. The highest BCUT2D eigenvalue weighted by molar-refractivity contribution is 7.42. The molecule has 1 aliphatic rings. The SMILES string of the molecule is COC(=O)C1OP(OC)OC1C(=O)OC. The van der Waals surface area contributed by atoms with Gasteiger partial charge >= 0.3 is 20.5 Å². The number of hydrogen-bond donors (Lipinski definition) is 0. The lowest BCUT2D eigenvalue weighted by Gasteiger charge is -2.10. The summed E-state index contributed by atoms with van der Waals surface area (Å²) in [5.74, 6) is -1.40. The van der Waals surface area contributed by atoms with Gasteiger partial charge in [0.2, 0.25) is 12.2 Å². The van der Waals surface area contributed by atoms with Crippen LogP contribution in [0.5, 0.6) is 0 Å². The summed E-state index contributed by atoms with van der Waals surface area (Å²) in [6, 6.07) is 0. The standard InChI is InChI=1S/C7H11O7P/c1-10-6(8)4-5(7(9)11-2)14-15(12-3)13-4/h4-5H,1-3H3. The zero-order chi connectivity index (χ0) is 11.4. The van der Waals surface area contributed by atoms with Gasteiger partial charge in [-0.3, -0.25) is 9.05 Å². The second-order valence-corrected chi connectivity index (χ2v) is 3.74. The third-order valence-electron chi connectivity index (χ3n) is 1.69. The summed E-state index contributed by atoms with van der Waals surface area (Å²) in [6.45, 7) is 0. The van der Waals surface area contributed by atoms with Crippen LogP contribution >= 0.6 is 8.60 Å². The van der Waals surface area contributed by atoms with Gasteiger partial charge in [0.25, 0.3) is 0 Å². The van der Waals surface area contributed by atoms with E-state index in [0.717, 1.165) is 0 Å². The molecule has 7 nitrogen and oxygen atoms in total. The summed E-state index contributed by atoms with van der Waals surface area (Å²) in [6.07, 6.45) is -2.26. The Balaban J connectivity index is 2.73. The first-order valence-corrected chi connectivity index (χ1v) is 5.07. The second-order valence-electron chi connectivity index (χ2n) is 2.50. The van der Waals surface area contributed by atoms with Crippen molar-refractivity contribution in [3.63, 3.8) is 0 Å². The maximum Gasteiger partial charge on any atom is 0.338 e. The van der Waals surface area contributed by atoms with Gasteiger partial charge in [0.1, 0.15) is 0 Å². The molecule has 0 spiro atoms. The van der Waals surface area contributed by atoms with Crippen molar-refractivity contribution in [2.75, 3.05) is 21.3 Å². The Morgan fingerprint density at radius 1 is 1.00 bits per heavy atom. The number of rotatable bonds is 3. The molecular formula is C7H11O7P. The monoisotopic (exact) mass is 238 g/mol. The average Bonchev–Trinajstić information content (AvgIpc) is 2.70.